The van der Waals surface area contributed by atoms with Crippen molar-refractivity contribution in [3.8, 4) is 0 Å². The highest BCUT2D eigenvalue weighted by molar-refractivity contribution is 5.80. The van der Waals surface area contributed by atoms with Crippen molar-refractivity contribution >= 4 is 5.97 Å². The first-order valence-corrected chi connectivity index (χ1v) is 6.15. The Hall–Kier alpha value is -0.830. The van der Waals surface area contributed by atoms with Gasteiger partial charge in [-0.15, -0.1) is 6.58 Å². The molecule has 0 amide bonds. The molecule has 1 rings (SSSR count). The Morgan fingerprint density at radius 2 is 2.31 bits per heavy atom. The second-order valence-electron chi connectivity index (χ2n) is 4.70. The van der Waals surface area contributed by atoms with Gasteiger partial charge in [0, 0.05) is 0 Å². The third-order valence-electron chi connectivity index (χ3n) is 3.05. The van der Waals surface area contributed by atoms with Gasteiger partial charge in [-0.05, 0) is 52.0 Å². The zero-order valence-corrected chi connectivity index (χ0v) is 10.4. The first kappa shape index (κ1) is 13.2. The number of hydrogen-bond acceptors (Lipinski definition) is 3. The Morgan fingerprint density at radius 1 is 1.62 bits per heavy atom. The number of carbonyl (C=O) groups excluding carboxylic acids is 1. The number of hydrogen-bond donors (Lipinski definition) is 1. The third kappa shape index (κ3) is 3.97. The summed E-state index contributed by atoms with van der Waals surface area (Å²) < 4.78 is 5.12. The number of esters is 1. The molecule has 0 saturated heterocycles. The van der Waals surface area contributed by atoms with Crippen molar-refractivity contribution in [3.63, 3.8) is 0 Å². The second kappa shape index (κ2) is 6.04. The Labute approximate surface area is 98.2 Å². The predicted molar refractivity (Wildman–Crippen MR) is 65.2 cm³/mol. The Kier molecular flexibility index (Phi) is 5.00. The summed E-state index contributed by atoms with van der Waals surface area (Å²) >= 11 is 0. The van der Waals surface area contributed by atoms with E-state index in [1.54, 1.807) is 0 Å². The fourth-order valence-corrected chi connectivity index (χ4v) is 1.64. The van der Waals surface area contributed by atoms with Crippen LogP contribution < -0.4 is 5.32 Å². The summed E-state index contributed by atoms with van der Waals surface area (Å²) in [5.74, 6) is 0.620. The number of nitrogens with one attached hydrogen (secondary N) is 1. The van der Waals surface area contributed by atoms with Crippen LogP contribution in [-0.2, 0) is 9.53 Å². The summed E-state index contributed by atoms with van der Waals surface area (Å²) in [5.41, 5.74) is -0.549. The topological polar surface area (TPSA) is 38.3 Å². The monoisotopic (exact) mass is 225 g/mol. The molecule has 1 atom stereocenters. The van der Waals surface area contributed by atoms with E-state index in [0.717, 1.165) is 25.3 Å². The maximum atomic E-state index is 11.9. The molecule has 3 heteroatoms. The first-order valence-electron chi connectivity index (χ1n) is 6.15. The number of rotatable bonds is 8. The maximum absolute atomic E-state index is 11.9. The molecule has 3 nitrogen and oxygen atoms in total. The van der Waals surface area contributed by atoms with Crippen LogP contribution in [0.3, 0.4) is 0 Å². The van der Waals surface area contributed by atoms with E-state index in [1.807, 2.05) is 19.9 Å². The van der Waals surface area contributed by atoms with Gasteiger partial charge in [-0.25, -0.2) is 0 Å². The van der Waals surface area contributed by atoms with Gasteiger partial charge in [-0.2, -0.15) is 0 Å². The number of allylic oxidation sites excluding steroid dienone is 1. The van der Waals surface area contributed by atoms with Gasteiger partial charge < -0.3 is 10.1 Å². The van der Waals surface area contributed by atoms with Crippen LogP contribution in [0.25, 0.3) is 0 Å². The molecule has 0 aromatic carbocycles. The lowest BCUT2D eigenvalue weighted by molar-refractivity contribution is -0.150. The van der Waals surface area contributed by atoms with E-state index in [4.69, 9.17) is 4.74 Å². The van der Waals surface area contributed by atoms with Crippen LogP contribution in [0.1, 0.15) is 39.5 Å². The van der Waals surface area contributed by atoms with E-state index in [1.165, 1.54) is 12.8 Å². The molecule has 1 aliphatic carbocycles. The molecule has 1 N–H and O–H groups in total. The first-order chi connectivity index (χ1) is 7.62. The Bertz CT molecular complexity index is 248. The van der Waals surface area contributed by atoms with Crippen molar-refractivity contribution in [1.82, 2.24) is 5.32 Å². The van der Waals surface area contributed by atoms with Crippen LogP contribution in [0.4, 0.5) is 0 Å². The minimum atomic E-state index is -0.549. The van der Waals surface area contributed by atoms with E-state index < -0.39 is 5.54 Å². The second-order valence-corrected chi connectivity index (χ2v) is 4.70. The van der Waals surface area contributed by atoms with Gasteiger partial charge in [0.05, 0.1) is 6.61 Å². The molecule has 0 bridgehead atoms. The summed E-state index contributed by atoms with van der Waals surface area (Å²) in [6.07, 6.45) is 5.99. The number of carbonyl (C=O) groups is 1. The third-order valence-corrected chi connectivity index (χ3v) is 3.05. The van der Waals surface area contributed by atoms with Crippen LogP contribution >= 0.6 is 0 Å². The zero-order valence-electron chi connectivity index (χ0n) is 10.4. The van der Waals surface area contributed by atoms with Crippen LogP contribution in [-0.4, -0.2) is 24.7 Å². The van der Waals surface area contributed by atoms with E-state index >= 15 is 0 Å². The van der Waals surface area contributed by atoms with E-state index in [9.17, 15) is 4.79 Å². The van der Waals surface area contributed by atoms with Crippen LogP contribution in [0, 0.1) is 5.92 Å². The minimum Gasteiger partial charge on any atom is -0.465 e. The van der Waals surface area contributed by atoms with Crippen molar-refractivity contribution in [2.24, 2.45) is 5.92 Å². The van der Waals surface area contributed by atoms with Crippen molar-refractivity contribution in [2.45, 2.75) is 45.1 Å². The SMILES string of the molecule is C=CCCC(C)(NCC1CC1)C(=O)OCC. The predicted octanol–water partition coefficient (Wildman–Crippen LogP) is 2.27. The number of ether oxygens (including phenoxy) is 1. The van der Waals surface area contributed by atoms with Crippen LogP contribution in [0.15, 0.2) is 12.7 Å². The molecule has 0 radical (unpaired) electrons. The normalized spacial score (nSPS) is 18.9. The van der Waals surface area contributed by atoms with Crippen LogP contribution in [0.5, 0.6) is 0 Å². The quantitative estimate of drug-likeness (QED) is 0.509. The molecule has 1 saturated carbocycles. The van der Waals surface area contributed by atoms with Gasteiger partial charge in [0.2, 0.25) is 0 Å². The highest BCUT2D eigenvalue weighted by atomic mass is 16.5. The molecular weight excluding hydrogens is 202 g/mol. The van der Waals surface area contributed by atoms with Gasteiger partial charge >= 0.3 is 5.97 Å². The molecule has 0 aromatic rings. The lowest BCUT2D eigenvalue weighted by Gasteiger charge is -2.28. The Balaban J connectivity index is 2.49. The van der Waals surface area contributed by atoms with E-state index in [-0.39, 0.29) is 5.97 Å². The maximum Gasteiger partial charge on any atom is 0.326 e. The highest BCUT2D eigenvalue weighted by Crippen LogP contribution is 2.29. The summed E-state index contributed by atoms with van der Waals surface area (Å²) in [5, 5.41) is 3.36. The molecule has 0 aliphatic heterocycles. The summed E-state index contributed by atoms with van der Waals surface area (Å²) in [4.78, 5) is 11.9. The fraction of sp³-hybridized carbons (Fsp3) is 0.769. The largest absolute Gasteiger partial charge is 0.465 e. The molecule has 1 aliphatic rings. The van der Waals surface area contributed by atoms with Gasteiger partial charge in [-0.1, -0.05) is 6.08 Å². The summed E-state index contributed by atoms with van der Waals surface area (Å²) in [6, 6.07) is 0. The van der Waals surface area contributed by atoms with Gasteiger partial charge in [0.25, 0.3) is 0 Å². The summed E-state index contributed by atoms with van der Waals surface area (Å²) in [6.45, 7) is 8.83. The lowest BCUT2D eigenvalue weighted by atomic mass is 9.95. The van der Waals surface area contributed by atoms with Crippen LogP contribution in [0.2, 0.25) is 0 Å². The molecule has 1 unspecified atom stereocenters. The van der Waals surface area contributed by atoms with Crippen molar-refractivity contribution < 1.29 is 9.53 Å². The fourth-order valence-electron chi connectivity index (χ4n) is 1.64. The summed E-state index contributed by atoms with van der Waals surface area (Å²) in [7, 11) is 0. The average molecular weight is 225 g/mol. The van der Waals surface area contributed by atoms with Gasteiger partial charge in [0.1, 0.15) is 5.54 Å². The molecule has 16 heavy (non-hydrogen) atoms. The minimum absolute atomic E-state index is 0.141. The molecule has 92 valence electrons. The average Bonchev–Trinajstić information content (AvgIpc) is 3.07. The molecule has 0 spiro atoms. The Morgan fingerprint density at radius 3 is 2.81 bits per heavy atom. The van der Waals surface area contributed by atoms with Gasteiger partial charge in [0.15, 0.2) is 0 Å². The highest BCUT2D eigenvalue weighted by Gasteiger charge is 2.35. The van der Waals surface area contributed by atoms with E-state index in [2.05, 4.69) is 11.9 Å². The molecule has 1 fully saturated rings. The van der Waals surface area contributed by atoms with Crippen molar-refractivity contribution in [1.29, 1.82) is 0 Å². The van der Waals surface area contributed by atoms with Crippen molar-refractivity contribution in [2.75, 3.05) is 13.2 Å². The molecule has 0 heterocycles. The smallest absolute Gasteiger partial charge is 0.326 e. The van der Waals surface area contributed by atoms with E-state index in [0.29, 0.717) is 6.61 Å². The standard InChI is InChI=1S/C13H23NO2/c1-4-6-9-13(3,12(15)16-5-2)14-10-11-7-8-11/h4,11,14H,1,5-10H2,2-3H3. The van der Waals surface area contributed by atoms with Gasteiger partial charge in [-0.3, -0.25) is 4.79 Å². The molecular formula is C13H23NO2. The zero-order chi connectivity index (χ0) is 12.0. The lowest BCUT2D eigenvalue weighted by Crippen LogP contribution is -2.51. The molecule has 0 aromatic heterocycles. The van der Waals surface area contributed by atoms with Crippen molar-refractivity contribution in [3.05, 3.63) is 12.7 Å².